The van der Waals surface area contributed by atoms with Crippen LogP contribution in [0, 0.1) is 22.0 Å². The highest BCUT2D eigenvalue weighted by molar-refractivity contribution is 7.91. The van der Waals surface area contributed by atoms with E-state index in [0.717, 1.165) is 25.5 Å². The lowest BCUT2D eigenvalue weighted by atomic mass is 9.65. The molecule has 26 heteroatoms. The third kappa shape index (κ3) is 20.5. The molecule has 17 unspecified atom stereocenters. The lowest BCUT2D eigenvalue weighted by molar-refractivity contribution is -0.526. The SMILES string of the molecule is CCCCCCCCCCCCCCCCOC1CC(O)C(NS(=O)(=O)C2CC(NS(=O)(=O)C3CCCC(S(=O)(=O)NC4CCCC5C(O)CCC(N=NC6CCC([N+](=O)[O-])CC6S(C)(=O)=O)C45)C3)CCC2OCCOC)CC1OC. The molecule has 81 heavy (non-hydrogen) atoms. The Morgan fingerprint density at radius 3 is 1.73 bits per heavy atom. The number of nitrogens with zero attached hydrogens (tertiary/aromatic N) is 3. The minimum absolute atomic E-state index is 0.111. The number of nitro groups is 1. The minimum Gasteiger partial charge on any atom is -0.393 e. The van der Waals surface area contributed by atoms with E-state index in [0.29, 0.717) is 45.1 Å². The molecule has 0 radical (unpaired) electrons. The molecular weight excluding hydrogens is 1130 g/mol. The molecule has 17 atom stereocenters. The van der Waals surface area contributed by atoms with Crippen molar-refractivity contribution in [1.82, 2.24) is 14.2 Å². The van der Waals surface area contributed by atoms with Crippen molar-refractivity contribution in [2.45, 2.75) is 294 Å². The van der Waals surface area contributed by atoms with E-state index in [4.69, 9.17) is 18.9 Å². The summed E-state index contributed by atoms with van der Waals surface area (Å²) >= 11 is 0. The number of aliphatic hydroxyl groups excluding tert-OH is 2. The Balaban J connectivity index is 1.02. The van der Waals surface area contributed by atoms with E-state index in [1.807, 2.05) is 0 Å². The number of sulfone groups is 1. The number of hydrogen-bond acceptors (Lipinski definition) is 18. The van der Waals surface area contributed by atoms with Crippen LogP contribution in [0.4, 0.5) is 0 Å². The zero-order valence-corrected chi connectivity index (χ0v) is 52.2. The summed E-state index contributed by atoms with van der Waals surface area (Å²) in [6, 6.07) is -4.73. The maximum absolute atomic E-state index is 14.5. The van der Waals surface area contributed by atoms with Gasteiger partial charge in [0.25, 0.3) is 0 Å². The summed E-state index contributed by atoms with van der Waals surface area (Å²) in [6.45, 7) is 3.08. The van der Waals surface area contributed by atoms with E-state index < -0.39 is 139 Å². The molecule has 6 aliphatic rings. The fraction of sp³-hybridized carbons (Fsp3) is 1.00. The van der Waals surface area contributed by atoms with Crippen LogP contribution in [0.3, 0.4) is 0 Å². The van der Waals surface area contributed by atoms with Crippen LogP contribution in [0.15, 0.2) is 10.2 Å². The first kappa shape index (κ1) is 68.6. The van der Waals surface area contributed by atoms with Crippen molar-refractivity contribution in [2.24, 2.45) is 22.1 Å². The average molecular weight is 1230 g/mol. The van der Waals surface area contributed by atoms with Gasteiger partial charge in [-0.15, -0.1) is 0 Å². The minimum atomic E-state index is -4.26. The van der Waals surface area contributed by atoms with Crippen LogP contribution in [0.5, 0.6) is 0 Å². The van der Waals surface area contributed by atoms with Gasteiger partial charge in [-0.05, 0) is 89.4 Å². The van der Waals surface area contributed by atoms with Crippen molar-refractivity contribution < 1.29 is 67.8 Å². The Bertz CT molecular complexity index is 2390. The van der Waals surface area contributed by atoms with E-state index >= 15 is 0 Å². The largest absolute Gasteiger partial charge is 0.393 e. The number of nitrogens with one attached hydrogen (secondary N) is 3. The number of unbranched alkanes of at least 4 members (excludes halogenated alkanes) is 13. The lowest BCUT2D eigenvalue weighted by Crippen LogP contribution is -2.58. The molecule has 0 aromatic carbocycles. The second kappa shape index (κ2) is 33.0. The second-order valence-electron chi connectivity index (χ2n) is 24.7. The number of sulfonamides is 3. The van der Waals surface area contributed by atoms with Crippen LogP contribution in [0.2, 0.25) is 0 Å². The highest BCUT2D eigenvalue weighted by Crippen LogP contribution is 2.44. The molecule has 0 saturated heterocycles. The number of aliphatic hydroxyl groups is 2. The quantitative estimate of drug-likeness (QED) is 0.0192. The molecule has 0 aromatic rings. The molecule has 6 aliphatic carbocycles. The average Bonchev–Trinajstić information content (AvgIpc) is 3.44. The molecule has 0 aromatic heterocycles. The van der Waals surface area contributed by atoms with Crippen LogP contribution < -0.4 is 14.2 Å². The first-order chi connectivity index (χ1) is 38.6. The maximum Gasteiger partial charge on any atom is 0.217 e. The summed E-state index contributed by atoms with van der Waals surface area (Å²) in [5.41, 5.74) is 0. The summed E-state index contributed by atoms with van der Waals surface area (Å²) in [7, 11) is -13.3. The van der Waals surface area contributed by atoms with Gasteiger partial charge in [-0.3, -0.25) is 10.1 Å². The van der Waals surface area contributed by atoms with Gasteiger partial charge in [-0.25, -0.2) is 47.8 Å². The van der Waals surface area contributed by atoms with Gasteiger partial charge in [0.05, 0.1) is 77.6 Å². The Labute approximate surface area is 485 Å². The fourth-order valence-corrected chi connectivity index (χ4v) is 21.2. The predicted octanol–water partition coefficient (Wildman–Crippen LogP) is 6.78. The van der Waals surface area contributed by atoms with E-state index in [1.165, 1.54) is 77.7 Å². The van der Waals surface area contributed by atoms with Gasteiger partial charge in [0.1, 0.15) is 5.25 Å². The highest BCUT2D eigenvalue weighted by atomic mass is 32.2. The number of ether oxygens (including phenoxy) is 4. The molecular formula is C55H102N6O16S4. The van der Waals surface area contributed by atoms with Gasteiger partial charge in [0.15, 0.2) is 9.84 Å². The molecule has 0 spiro atoms. The molecule has 6 rings (SSSR count). The second-order valence-corrected chi connectivity index (χ2v) is 32.9. The van der Waals surface area contributed by atoms with Gasteiger partial charge in [-0.1, -0.05) is 103 Å². The molecule has 6 saturated carbocycles. The number of hydrogen-bond donors (Lipinski definition) is 5. The van der Waals surface area contributed by atoms with E-state index in [9.17, 15) is 54.0 Å². The zero-order valence-electron chi connectivity index (χ0n) is 48.9. The Kier molecular flexibility index (Phi) is 27.9. The zero-order chi connectivity index (χ0) is 58.8. The van der Waals surface area contributed by atoms with Crippen molar-refractivity contribution >= 4 is 39.9 Å². The Morgan fingerprint density at radius 2 is 1.11 bits per heavy atom. The summed E-state index contributed by atoms with van der Waals surface area (Å²) in [5.74, 6) is -0.797. The first-order valence-electron chi connectivity index (χ1n) is 30.9. The topological polar surface area (TPSA) is 318 Å². The van der Waals surface area contributed by atoms with Gasteiger partial charge >= 0.3 is 0 Å². The van der Waals surface area contributed by atoms with Gasteiger partial charge in [-0.2, -0.15) is 10.2 Å². The van der Waals surface area contributed by atoms with Gasteiger partial charge in [0.2, 0.25) is 36.1 Å². The van der Waals surface area contributed by atoms with Crippen LogP contribution >= 0.6 is 0 Å². The summed E-state index contributed by atoms with van der Waals surface area (Å²) in [6.07, 6.45) is 18.8. The normalized spacial score (nSPS) is 34.7. The van der Waals surface area contributed by atoms with Crippen molar-refractivity contribution in [3.05, 3.63) is 10.1 Å². The van der Waals surface area contributed by atoms with Crippen LogP contribution in [-0.4, -0.2) is 177 Å². The molecule has 22 nitrogen and oxygen atoms in total. The Morgan fingerprint density at radius 1 is 0.531 bits per heavy atom. The number of methoxy groups -OCH3 is 2. The van der Waals surface area contributed by atoms with Crippen LogP contribution in [0.25, 0.3) is 0 Å². The predicted molar refractivity (Wildman–Crippen MR) is 311 cm³/mol. The van der Waals surface area contributed by atoms with Crippen LogP contribution in [0.1, 0.15) is 206 Å². The molecule has 0 heterocycles. The third-order valence-corrected chi connectivity index (χ3v) is 26.2. The monoisotopic (exact) mass is 1230 g/mol. The van der Waals surface area contributed by atoms with Crippen LogP contribution in [-0.2, 0) is 58.9 Å². The number of rotatable bonds is 34. The van der Waals surface area contributed by atoms with Crippen molar-refractivity contribution in [3.63, 3.8) is 0 Å². The lowest BCUT2D eigenvalue weighted by Gasteiger charge is -2.47. The maximum atomic E-state index is 14.5. The Hall–Kier alpha value is -1.56. The van der Waals surface area contributed by atoms with E-state index in [-0.39, 0.29) is 89.8 Å². The molecule has 6 fully saturated rings. The van der Waals surface area contributed by atoms with Crippen molar-refractivity contribution in [3.8, 4) is 0 Å². The molecule has 0 aliphatic heterocycles. The molecule has 472 valence electrons. The van der Waals surface area contributed by atoms with E-state index in [1.54, 1.807) is 7.11 Å². The smallest absolute Gasteiger partial charge is 0.217 e. The number of fused-ring (bicyclic) bond motifs is 1. The van der Waals surface area contributed by atoms with E-state index in [2.05, 4.69) is 31.3 Å². The molecule has 0 bridgehead atoms. The fourth-order valence-electron chi connectivity index (χ4n) is 14.1. The molecule has 0 amide bonds. The standard InChI is InChI=1S/C55H102N6O16S4/c1-5-6-7-8-9-10-11-12-13-14-15-16-17-18-31-76-52-38-49(63)47(37-51(52)75-3)60-81(72,73)54-34-39(25-30-50(54)77-33-32-74-2)58-79(68,69)41-21-19-22-42(36-41)80(70,71)59-46-24-20-23-43-48(62)29-28-45(55(43)46)57-56-44-27-26-40(61(64)65)35-53(44)78(4,66)67/h39-55,58-60,62-63H,5-38H2,1-4H3. The summed E-state index contributed by atoms with van der Waals surface area (Å²) in [5, 5.41) is 38.9. The van der Waals surface area contributed by atoms with Crippen molar-refractivity contribution in [1.29, 1.82) is 0 Å². The summed E-state index contributed by atoms with van der Waals surface area (Å²) < 4.78 is 144. The van der Waals surface area contributed by atoms with Gasteiger partial charge < -0.3 is 29.2 Å². The highest BCUT2D eigenvalue weighted by Gasteiger charge is 2.50. The number of azo groups is 1. The summed E-state index contributed by atoms with van der Waals surface area (Å²) in [4.78, 5) is 11.1. The van der Waals surface area contributed by atoms with Gasteiger partial charge in [0, 0.05) is 69.3 Å². The molecule has 5 N–H and O–H groups in total. The third-order valence-electron chi connectivity index (χ3n) is 18.8. The van der Waals surface area contributed by atoms with Crippen molar-refractivity contribution in [2.75, 3.05) is 40.3 Å². The first-order valence-corrected chi connectivity index (χ1v) is 37.5.